The number of rotatable bonds is 6. The molecule has 2 rings (SSSR count). The minimum absolute atomic E-state index is 0.537. The Hall–Kier alpha value is -1.39. The smallest absolute Gasteiger partial charge is 0.140 e. The van der Waals surface area contributed by atoms with Gasteiger partial charge in [-0.25, -0.2) is 4.98 Å². The maximum atomic E-state index is 5.75. The zero-order valence-electron chi connectivity index (χ0n) is 11.6. The van der Waals surface area contributed by atoms with E-state index in [1.54, 1.807) is 11.3 Å². The highest BCUT2D eigenvalue weighted by Crippen LogP contribution is 2.20. The molecule has 0 aliphatic carbocycles. The van der Waals surface area contributed by atoms with Crippen molar-refractivity contribution in [3.8, 4) is 5.75 Å². The third-order valence-electron chi connectivity index (χ3n) is 2.87. The predicted molar refractivity (Wildman–Crippen MR) is 79.7 cm³/mol. The van der Waals surface area contributed by atoms with E-state index in [0.717, 1.165) is 23.0 Å². The van der Waals surface area contributed by atoms with Gasteiger partial charge in [-0.05, 0) is 30.7 Å². The van der Waals surface area contributed by atoms with Crippen LogP contribution in [0.4, 0.5) is 0 Å². The number of nitrogens with zero attached hydrogens (tertiary/aromatic N) is 1. The Morgan fingerprint density at radius 3 is 2.63 bits per heavy atom. The molecule has 0 bridgehead atoms. The highest BCUT2D eigenvalue weighted by Gasteiger charge is 2.03. The summed E-state index contributed by atoms with van der Waals surface area (Å²) in [5.74, 6) is 1.45. The van der Waals surface area contributed by atoms with Gasteiger partial charge in [-0.15, -0.1) is 11.3 Å². The Balaban J connectivity index is 1.90. The fraction of sp³-hybridized carbons (Fsp3) is 0.400. The lowest BCUT2D eigenvalue weighted by Crippen LogP contribution is -2.05. The Labute approximate surface area is 118 Å². The van der Waals surface area contributed by atoms with Crippen molar-refractivity contribution >= 4 is 11.3 Å². The maximum absolute atomic E-state index is 5.75. The monoisotopic (exact) mass is 276 g/mol. The van der Waals surface area contributed by atoms with Crippen LogP contribution in [0.15, 0.2) is 29.6 Å². The van der Waals surface area contributed by atoms with Gasteiger partial charge < -0.3 is 10.1 Å². The summed E-state index contributed by atoms with van der Waals surface area (Å²) in [4.78, 5) is 4.49. The first-order chi connectivity index (χ1) is 9.19. The summed E-state index contributed by atoms with van der Waals surface area (Å²) in [5, 5.41) is 6.17. The van der Waals surface area contributed by atoms with E-state index < -0.39 is 0 Å². The van der Waals surface area contributed by atoms with Crippen LogP contribution in [0.3, 0.4) is 0 Å². The van der Waals surface area contributed by atoms with E-state index in [2.05, 4.69) is 41.7 Å². The van der Waals surface area contributed by atoms with E-state index in [9.17, 15) is 0 Å². The second kappa shape index (κ2) is 6.68. The Kier molecular flexibility index (Phi) is 4.93. The molecule has 0 unspecified atom stereocenters. The molecule has 19 heavy (non-hydrogen) atoms. The molecule has 0 aliphatic heterocycles. The van der Waals surface area contributed by atoms with Crippen LogP contribution >= 0.6 is 11.3 Å². The molecule has 1 N–H and O–H groups in total. The SMILES string of the molecule is CNCc1csc(COc2ccc(C(C)C)cc2)n1. The van der Waals surface area contributed by atoms with Crippen molar-refractivity contribution in [3.63, 3.8) is 0 Å². The van der Waals surface area contributed by atoms with E-state index in [1.165, 1.54) is 5.56 Å². The Morgan fingerprint density at radius 2 is 2.00 bits per heavy atom. The van der Waals surface area contributed by atoms with Crippen LogP contribution in [-0.2, 0) is 13.2 Å². The quantitative estimate of drug-likeness (QED) is 0.876. The van der Waals surface area contributed by atoms with Gasteiger partial charge in [0.2, 0.25) is 0 Å². The third-order valence-corrected chi connectivity index (χ3v) is 3.74. The van der Waals surface area contributed by atoms with Crippen molar-refractivity contribution in [3.05, 3.63) is 45.9 Å². The number of hydrogen-bond acceptors (Lipinski definition) is 4. The average Bonchev–Trinajstić information content (AvgIpc) is 2.85. The van der Waals surface area contributed by atoms with Gasteiger partial charge in [0.25, 0.3) is 0 Å². The van der Waals surface area contributed by atoms with Gasteiger partial charge in [0.15, 0.2) is 0 Å². The van der Waals surface area contributed by atoms with Crippen molar-refractivity contribution in [2.45, 2.75) is 32.9 Å². The molecule has 1 aromatic heterocycles. The molecule has 1 aromatic carbocycles. The summed E-state index contributed by atoms with van der Waals surface area (Å²) in [5.41, 5.74) is 2.40. The van der Waals surface area contributed by atoms with Gasteiger partial charge in [0.05, 0.1) is 5.69 Å². The minimum atomic E-state index is 0.537. The standard InChI is InChI=1S/C15H20N2OS/c1-11(2)12-4-6-14(7-5-12)18-9-15-17-13(8-16-3)10-19-15/h4-7,10-11,16H,8-9H2,1-3H3. The lowest BCUT2D eigenvalue weighted by Gasteiger charge is -2.07. The second-order valence-corrected chi connectivity index (χ2v) is 5.72. The Bertz CT molecular complexity index is 505. The highest BCUT2D eigenvalue weighted by molar-refractivity contribution is 7.09. The number of thiazole rings is 1. The molecule has 3 nitrogen and oxygen atoms in total. The molecular formula is C15H20N2OS. The highest BCUT2D eigenvalue weighted by atomic mass is 32.1. The fourth-order valence-corrected chi connectivity index (χ4v) is 2.48. The molecule has 4 heteroatoms. The maximum Gasteiger partial charge on any atom is 0.140 e. The normalized spacial score (nSPS) is 10.9. The largest absolute Gasteiger partial charge is 0.486 e. The molecule has 102 valence electrons. The van der Waals surface area contributed by atoms with Gasteiger partial charge in [0.1, 0.15) is 17.4 Å². The third kappa shape index (κ3) is 4.04. The fourth-order valence-electron chi connectivity index (χ4n) is 1.77. The van der Waals surface area contributed by atoms with Crippen molar-refractivity contribution < 1.29 is 4.74 Å². The molecular weight excluding hydrogens is 256 g/mol. The molecule has 0 atom stereocenters. The van der Waals surface area contributed by atoms with Gasteiger partial charge in [-0.3, -0.25) is 0 Å². The first-order valence-electron chi connectivity index (χ1n) is 6.49. The van der Waals surface area contributed by atoms with Crippen LogP contribution in [0, 0.1) is 0 Å². The van der Waals surface area contributed by atoms with Gasteiger partial charge >= 0.3 is 0 Å². The van der Waals surface area contributed by atoms with Crippen LogP contribution in [0.25, 0.3) is 0 Å². The van der Waals surface area contributed by atoms with Crippen molar-refractivity contribution in [2.24, 2.45) is 0 Å². The van der Waals surface area contributed by atoms with Gasteiger partial charge in [-0.2, -0.15) is 0 Å². The first kappa shape index (κ1) is 14.0. The van der Waals surface area contributed by atoms with E-state index in [1.807, 2.05) is 19.2 Å². The van der Waals surface area contributed by atoms with Crippen LogP contribution in [-0.4, -0.2) is 12.0 Å². The summed E-state index contributed by atoms with van der Waals surface area (Å²) in [6.07, 6.45) is 0. The topological polar surface area (TPSA) is 34.1 Å². The van der Waals surface area contributed by atoms with Gasteiger partial charge in [0, 0.05) is 11.9 Å². The lowest BCUT2D eigenvalue weighted by atomic mass is 10.0. The predicted octanol–water partition coefficient (Wildman–Crippen LogP) is 3.56. The zero-order chi connectivity index (χ0) is 13.7. The minimum Gasteiger partial charge on any atom is -0.486 e. The number of nitrogens with one attached hydrogen (secondary N) is 1. The van der Waals surface area contributed by atoms with Crippen molar-refractivity contribution in [2.75, 3.05) is 7.05 Å². The second-order valence-electron chi connectivity index (χ2n) is 4.78. The Morgan fingerprint density at radius 1 is 1.26 bits per heavy atom. The van der Waals surface area contributed by atoms with E-state index >= 15 is 0 Å². The molecule has 2 aromatic rings. The first-order valence-corrected chi connectivity index (χ1v) is 7.37. The number of aromatic nitrogens is 1. The van der Waals surface area contributed by atoms with E-state index in [-0.39, 0.29) is 0 Å². The summed E-state index contributed by atoms with van der Waals surface area (Å²) < 4.78 is 5.75. The van der Waals surface area contributed by atoms with Crippen molar-refractivity contribution in [1.29, 1.82) is 0 Å². The molecule has 0 aliphatic rings. The van der Waals surface area contributed by atoms with Gasteiger partial charge in [-0.1, -0.05) is 26.0 Å². The molecule has 0 saturated heterocycles. The van der Waals surface area contributed by atoms with Crippen molar-refractivity contribution in [1.82, 2.24) is 10.3 Å². The van der Waals surface area contributed by atoms with Crippen LogP contribution in [0.1, 0.15) is 36.0 Å². The molecule has 0 spiro atoms. The summed E-state index contributed by atoms with van der Waals surface area (Å²) in [7, 11) is 1.92. The summed E-state index contributed by atoms with van der Waals surface area (Å²) >= 11 is 1.64. The summed E-state index contributed by atoms with van der Waals surface area (Å²) in [6, 6.07) is 8.29. The number of benzene rings is 1. The zero-order valence-corrected chi connectivity index (χ0v) is 12.5. The summed E-state index contributed by atoms with van der Waals surface area (Å²) in [6.45, 7) is 5.72. The average molecular weight is 276 g/mol. The number of hydrogen-bond donors (Lipinski definition) is 1. The van der Waals surface area contributed by atoms with E-state index in [0.29, 0.717) is 12.5 Å². The van der Waals surface area contributed by atoms with Crippen LogP contribution < -0.4 is 10.1 Å². The van der Waals surface area contributed by atoms with Crippen LogP contribution in [0.2, 0.25) is 0 Å². The molecule has 0 radical (unpaired) electrons. The van der Waals surface area contributed by atoms with Crippen LogP contribution in [0.5, 0.6) is 5.75 Å². The molecule has 1 heterocycles. The van der Waals surface area contributed by atoms with E-state index in [4.69, 9.17) is 4.74 Å². The number of ether oxygens (including phenoxy) is 1. The molecule has 0 amide bonds. The lowest BCUT2D eigenvalue weighted by molar-refractivity contribution is 0.305. The molecule has 0 fully saturated rings. The molecule has 0 saturated carbocycles.